The summed E-state index contributed by atoms with van der Waals surface area (Å²) in [6, 6.07) is 11.7. The first-order valence-electron chi connectivity index (χ1n) is 6.22. The van der Waals surface area contributed by atoms with Crippen molar-refractivity contribution in [2.75, 3.05) is 0 Å². The Kier molecular flexibility index (Phi) is 2.63. The van der Waals surface area contributed by atoms with Gasteiger partial charge in [-0.05, 0) is 24.5 Å². The van der Waals surface area contributed by atoms with Gasteiger partial charge in [-0.2, -0.15) is 0 Å². The van der Waals surface area contributed by atoms with Gasteiger partial charge in [0.2, 0.25) is 0 Å². The van der Waals surface area contributed by atoms with Crippen molar-refractivity contribution in [3.8, 4) is 0 Å². The maximum Gasteiger partial charge on any atom is 0.181 e. The summed E-state index contributed by atoms with van der Waals surface area (Å²) in [7, 11) is 0. The second-order valence-corrected chi connectivity index (χ2v) is 4.79. The van der Waals surface area contributed by atoms with Crippen molar-refractivity contribution in [3.05, 3.63) is 42.1 Å². The molecule has 17 heavy (non-hydrogen) atoms. The molecular formula is C15H15NO. The number of rotatable bonds is 4. The molecule has 3 rings (SSSR count). The van der Waals surface area contributed by atoms with Crippen LogP contribution in [0.2, 0.25) is 0 Å². The fourth-order valence-corrected chi connectivity index (χ4v) is 2.09. The van der Waals surface area contributed by atoms with Crippen LogP contribution in [0.4, 0.5) is 0 Å². The number of carbonyl (C=O) groups is 1. The minimum atomic E-state index is 0.183. The Balaban J connectivity index is 1.81. The summed E-state index contributed by atoms with van der Waals surface area (Å²) in [5.41, 5.74) is 1.52. The standard InChI is InChI=1S/C15H15NO/c17-15(10-7-11-5-6-11)14-9-8-12-3-1-2-4-13(12)16-14/h1-4,8-9,11H,5-7,10H2. The number of fused-ring (bicyclic) bond motifs is 1. The van der Waals surface area contributed by atoms with Gasteiger partial charge in [0.05, 0.1) is 5.52 Å². The van der Waals surface area contributed by atoms with Crippen LogP contribution < -0.4 is 0 Å². The van der Waals surface area contributed by atoms with Gasteiger partial charge in [0.25, 0.3) is 0 Å². The fraction of sp³-hybridized carbons (Fsp3) is 0.333. The Bertz CT molecular complexity index is 558. The normalized spacial score (nSPS) is 15.1. The minimum absolute atomic E-state index is 0.183. The predicted molar refractivity (Wildman–Crippen MR) is 68.0 cm³/mol. The number of Topliss-reactive ketones (excluding diaryl/α,β-unsaturated/α-hetero) is 1. The number of para-hydroxylation sites is 1. The molecule has 1 aromatic carbocycles. The van der Waals surface area contributed by atoms with E-state index in [2.05, 4.69) is 4.98 Å². The number of ketones is 1. The van der Waals surface area contributed by atoms with Crippen LogP contribution in [-0.2, 0) is 0 Å². The second-order valence-electron chi connectivity index (χ2n) is 4.79. The summed E-state index contributed by atoms with van der Waals surface area (Å²) in [5, 5.41) is 1.09. The lowest BCUT2D eigenvalue weighted by Crippen LogP contribution is -2.02. The Morgan fingerprint density at radius 1 is 1.18 bits per heavy atom. The molecule has 0 saturated heterocycles. The van der Waals surface area contributed by atoms with Crippen LogP contribution in [0.5, 0.6) is 0 Å². The van der Waals surface area contributed by atoms with Gasteiger partial charge in [0, 0.05) is 11.8 Å². The number of hydrogen-bond donors (Lipinski definition) is 0. The van der Waals surface area contributed by atoms with Crippen LogP contribution in [0.3, 0.4) is 0 Å². The molecule has 1 aliphatic carbocycles. The Labute approximate surface area is 101 Å². The summed E-state index contributed by atoms with van der Waals surface area (Å²) in [4.78, 5) is 16.4. The molecule has 2 aromatic rings. The molecule has 1 aliphatic rings. The van der Waals surface area contributed by atoms with Gasteiger partial charge >= 0.3 is 0 Å². The van der Waals surface area contributed by atoms with Gasteiger partial charge < -0.3 is 0 Å². The molecule has 0 spiro atoms. The predicted octanol–water partition coefficient (Wildman–Crippen LogP) is 3.61. The maximum absolute atomic E-state index is 12.0. The molecule has 0 N–H and O–H groups in total. The van der Waals surface area contributed by atoms with Crippen molar-refractivity contribution in [1.29, 1.82) is 0 Å². The number of benzene rings is 1. The van der Waals surface area contributed by atoms with Gasteiger partial charge in [-0.3, -0.25) is 4.79 Å². The lowest BCUT2D eigenvalue weighted by molar-refractivity contribution is 0.0973. The van der Waals surface area contributed by atoms with Crippen molar-refractivity contribution in [1.82, 2.24) is 4.98 Å². The molecule has 1 saturated carbocycles. The van der Waals surface area contributed by atoms with Crippen molar-refractivity contribution >= 4 is 16.7 Å². The third-order valence-electron chi connectivity index (χ3n) is 3.36. The van der Waals surface area contributed by atoms with Gasteiger partial charge in [-0.25, -0.2) is 4.98 Å². The molecule has 0 amide bonds. The largest absolute Gasteiger partial charge is 0.292 e. The molecule has 1 aromatic heterocycles. The summed E-state index contributed by atoms with van der Waals surface area (Å²) in [6.45, 7) is 0. The highest BCUT2D eigenvalue weighted by Crippen LogP contribution is 2.33. The Morgan fingerprint density at radius 3 is 2.82 bits per heavy atom. The van der Waals surface area contributed by atoms with Crippen LogP contribution in [-0.4, -0.2) is 10.8 Å². The van der Waals surface area contributed by atoms with E-state index in [1.807, 2.05) is 36.4 Å². The lowest BCUT2D eigenvalue weighted by Gasteiger charge is -2.02. The van der Waals surface area contributed by atoms with E-state index < -0.39 is 0 Å². The molecular weight excluding hydrogens is 210 g/mol. The van der Waals surface area contributed by atoms with Crippen molar-refractivity contribution < 1.29 is 4.79 Å². The van der Waals surface area contributed by atoms with Crippen LogP contribution in [0.25, 0.3) is 10.9 Å². The number of carbonyl (C=O) groups excluding carboxylic acids is 1. The quantitative estimate of drug-likeness (QED) is 0.744. The van der Waals surface area contributed by atoms with Gasteiger partial charge in [-0.1, -0.05) is 37.1 Å². The second kappa shape index (κ2) is 4.28. The van der Waals surface area contributed by atoms with Gasteiger partial charge in [0.1, 0.15) is 5.69 Å². The Hall–Kier alpha value is -1.70. The van der Waals surface area contributed by atoms with Gasteiger partial charge in [0.15, 0.2) is 5.78 Å². The van der Waals surface area contributed by atoms with Crippen LogP contribution in [0.15, 0.2) is 36.4 Å². The van der Waals surface area contributed by atoms with Crippen molar-refractivity contribution in [3.63, 3.8) is 0 Å². The molecule has 86 valence electrons. The van der Waals surface area contributed by atoms with E-state index in [1.165, 1.54) is 12.8 Å². The number of nitrogens with zero attached hydrogens (tertiary/aromatic N) is 1. The first-order chi connectivity index (χ1) is 8.33. The molecule has 0 bridgehead atoms. The molecule has 2 heteroatoms. The zero-order chi connectivity index (χ0) is 11.7. The molecule has 2 nitrogen and oxygen atoms in total. The Morgan fingerprint density at radius 2 is 2.00 bits per heavy atom. The SMILES string of the molecule is O=C(CCC1CC1)c1ccc2ccccc2n1. The zero-order valence-corrected chi connectivity index (χ0v) is 9.73. The average molecular weight is 225 g/mol. The molecule has 0 radical (unpaired) electrons. The lowest BCUT2D eigenvalue weighted by atomic mass is 10.1. The molecule has 0 unspecified atom stereocenters. The third-order valence-corrected chi connectivity index (χ3v) is 3.36. The average Bonchev–Trinajstić information content (AvgIpc) is 3.19. The van der Waals surface area contributed by atoms with Crippen LogP contribution >= 0.6 is 0 Å². The van der Waals surface area contributed by atoms with Crippen LogP contribution in [0.1, 0.15) is 36.2 Å². The fourth-order valence-electron chi connectivity index (χ4n) is 2.09. The van der Waals surface area contributed by atoms with E-state index in [1.54, 1.807) is 0 Å². The minimum Gasteiger partial charge on any atom is -0.292 e. The van der Waals surface area contributed by atoms with E-state index in [0.717, 1.165) is 23.2 Å². The molecule has 1 fully saturated rings. The highest BCUT2D eigenvalue weighted by atomic mass is 16.1. The summed E-state index contributed by atoms with van der Waals surface area (Å²) in [6.07, 6.45) is 4.29. The van der Waals surface area contributed by atoms with Crippen molar-refractivity contribution in [2.45, 2.75) is 25.7 Å². The van der Waals surface area contributed by atoms with E-state index >= 15 is 0 Å². The van der Waals surface area contributed by atoms with Crippen LogP contribution in [0, 0.1) is 5.92 Å². The summed E-state index contributed by atoms with van der Waals surface area (Å²) in [5.74, 6) is 0.988. The first kappa shape index (κ1) is 10.5. The highest BCUT2D eigenvalue weighted by molar-refractivity contribution is 5.96. The van der Waals surface area contributed by atoms with Crippen molar-refractivity contribution in [2.24, 2.45) is 5.92 Å². The zero-order valence-electron chi connectivity index (χ0n) is 9.73. The first-order valence-corrected chi connectivity index (χ1v) is 6.22. The van der Waals surface area contributed by atoms with E-state index in [0.29, 0.717) is 12.1 Å². The topological polar surface area (TPSA) is 30.0 Å². The molecule has 0 atom stereocenters. The number of aromatic nitrogens is 1. The van der Waals surface area contributed by atoms with Gasteiger partial charge in [-0.15, -0.1) is 0 Å². The maximum atomic E-state index is 12.0. The summed E-state index contributed by atoms with van der Waals surface area (Å²) < 4.78 is 0. The number of pyridine rings is 1. The monoisotopic (exact) mass is 225 g/mol. The number of hydrogen-bond acceptors (Lipinski definition) is 2. The summed E-state index contributed by atoms with van der Waals surface area (Å²) >= 11 is 0. The molecule has 0 aliphatic heterocycles. The smallest absolute Gasteiger partial charge is 0.181 e. The van der Waals surface area contributed by atoms with E-state index in [4.69, 9.17) is 0 Å². The molecule has 1 heterocycles. The van der Waals surface area contributed by atoms with E-state index in [-0.39, 0.29) is 5.78 Å². The highest BCUT2D eigenvalue weighted by Gasteiger charge is 2.22. The third kappa shape index (κ3) is 2.36. The van der Waals surface area contributed by atoms with E-state index in [9.17, 15) is 4.79 Å².